The first kappa shape index (κ1) is 7.70. The Hall–Kier alpha value is 0.600. The number of hydrogen-bond donors (Lipinski definition) is 0. The first-order valence-corrected chi connectivity index (χ1v) is 4.85. The largest absolute Gasteiger partial charge is 0.249 e. The van der Waals surface area contributed by atoms with E-state index in [0.29, 0.717) is 0 Å². The van der Waals surface area contributed by atoms with Crippen LogP contribution in [0.3, 0.4) is 0 Å². The topological polar surface area (TPSA) is 3.24 Å². The lowest BCUT2D eigenvalue weighted by Gasteiger charge is -2.23. The van der Waals surface area contributed by atoms with Crippen molar-refractivity contribution in [3.63, 3.8) is 0 Å². The summed E-state index contributed by atoms with van der Waals surface area (Å²) >= 11 is 7.52. The molecule has 1 saturated heterocycles. The Morgan fingerprint density at radius 1 is 1.44 bits per heavy atom. The van der Waals surface area contributed by atoms with Crippen LogP contribution in [0.1, 0.15) is 12.8 Å². The summed E-state index contributed by atoms with van der Waals surface area (Å²) in [6.07, 6.45) is 2.73. The molecule has 0 aromatic carbocycles. The van der Waals surface area contributed by atoms with E-state index in [1.54, 1.807) is 0 Å². The van der Waals surface area contributed by atoms with E-state index >= 15 is 0 Å². The number of halogens is 1. The van der Waals surface area contributed by atoms with Crippen molar-refractivity contribution in [1.29, 1.82) is 0 Å². The van der Waals surface area contributed by atoms with Gasteiger partial charge in [-0.1, -0.05) is 11.9 Å². The van der Waals surface area contributed by atoms with Crippen LogP contribution in [0, 0.1) is 0 Å². The summed E-state index contributed by atoms with van der Waals surface area (Å²) in [5, 5.41) is 0. The highest BCUT2D eigenvalue weighted by atomic mass is 35.5. The van der Waals surface area contributed by atoms with Crippen LogP contribution >= 0.6 is 23.5 Å². The van der Waals surface area contributed by atoms with E-state index in [0.717, 1.165) is 12.4 Å². The second-order valence-electron chi connectivity index (χ2n) is 2.16. The quantitative estimate of drug-likeness (QED) is 0.455. The molecule has 3 heteroatoms. The van der Waals surface area contributed by atoms with Crippen molar-refractivity contribution >= 4 is 23.5 Å². The normalized spacial score (nSPS) is 22.3. The summed E-state index contributed by atoms with van der Waals surface area (Å²) < 4.78 is 2.36. The molecule has 1 heterocycles. The maximum absolute atomic E-state index is 5.58. The van der Waals surface area contributed by atoms with Crippen molar-refractivity contribution in [2.24, 2.45) is 0 Å². The van der Waals surface area contributed by atoms with Crippen molar-refractivity contribution in [1.82, 2.24) is 4.31 Å². The SMILES string of the molecule is ClCCN1CCCCS1. The number of alkyl halides is 1. The van der Waals surface area contributed by atoms with Gasteiger partial charge in [0, 0.05) is 24.7 Å². The fourth-order valence-corrected chi connectivity index (χ4v) is 2.29. The van der Waals surface area contributed by atoms with E-state index in [4.69, 9.17) is 11.6 Å². The number of hydrogen-bond acceptors (Lipinski definition) is 2. The average Bonchev–Trinajstić information content (AvgIpc) is 1.91. The van der Waals surface area contributed by atoms with E-state index < -0.39 is 0 Å². The molecule has 0 bridgehead atoms. The lowest BCUT2D eigenvalue weighted by molar-refractivity contribution is 0.464. The second-order valence-corrected chi connectivity index (χ2v) is 3.72. The zero-order chi connectivity index (χ0) is 6.53. The number of nitrogens with zero attached hydrogens (tertiary/aromatic N) is 1. The van der Waals surface area contributed by atoms with Crippen molar-refractivity contribution in [2.75, 3.05) is 24.7 Å². The third-order valence-electron chi connectivity index (χ3n) is 1.41. The molecule has 0 unspecified atom stereocenters. The van der Waals surface area contributed by atoms with E-state index in [1.165, 1.54) is 25.1 Å². The van der Waals surface area contributed by atoms with E-state index in [2.05, 4.69) is 4.31 Å². The predicted octanol–water partition coefficient (Wildman–Crippen LogP) is 1.97. The van der Waals surface area contributed by atoms with E-state index in [9.17, 15) is 0 Å². The van der Waals surface area contributed by atoms with Gasteiger partial charge in [-0.3, -0.25) is 0 Å². The Kier molecular flexibility index (Phi) is 3.78. The van der Waals surface area contributed by atoms with Crippen molar-refractivity contribution in [2.45, 2.75) is 12.8 Å². The van der Waals surface area contributed by atoms with Gasteiger partial charge in [0.25, 0.3) is 0 Å². The molecule has 0 aromatic heterocycles. The number of rotatable bonds is 2. The molecule has 0 spiro atoms. The van der Waals surface area contributed by atoms with Crippen molar-refractivity contribution in [3.05, 3.63) is 0 Å². The van der Waals surface area contributed by atoms with Gasteiger partial charge in [0.1, 0.15) is 0 Å². The fourth-order valence-electron chi connectivity index (χ4n) is 0.919. The maximum Gasteiger partial charge on any atom is 0.0360 e. The molecule has 1 fully saturated rings. The highest BCUT2D eigenvalue weighted by molar-refractivity contribution is 7.97. The molecule has 0 aromatic rings. The van der Waals surface area contributed by atoms with Gasteiger partial charge in [-0.25, -0.2) is 4.31 Å². The molecule has 9 heavy (non-hydrogen) atoms. The summed E-state index contributed by atoms with van der Waals surface area (Å²) in [4.78, 5) is 0. The van der Waals surface area contributed by atoms with E-state index in [1.807, 2.05) is 11.9 Å². The first-order valence-electron chi connectivity index (χ1n) is 3.37. The van der Waals surface area contributed by atoms with Crippen LogP contribution in [0.15, 0.2) is 0 Å². The zero-order valence-electron chi connectivity index (χ0n) is 5.48. The summed E-state index contributed by atoms with van der Waals surface area (Å²) in [6.45, 7) is 2.28. The molecular weight excluding hydrogens is 154 g/mol. The van der Waals surface area contributed by atoms with Gasteiger partial charge in [0.05, 0.1) is 0 Å². The van der Waals surface area contributed by atoms with Gasteiger partial charge < -0.3 is 0 Å². The zero-order valence-corrected chi connectivity index (χ0v) is 7.05. The van der Waals surface area contributed by atoms with Gasteiger partial charge in [0.2, 0.25) is 0 Å². The monoisotopic (exact) mass is 165 g/mol. The van der Waals surface area contributed by atoms with Gasteiger partial charge in [-0.15, -0.1) is 11.6 Å². The van der Waals surface area contributed by atoms with Crippen LogP contribution < -0.4 is 0 Å². The summed E-state index contributed by atoms with van der Waals surface area (Å²) in [6, 6.07) is 0. The molecule has 0 saturated carbocycles. The minimum atomic E-state index is 0.771. The van der Waals surface area contributed by atoms with Crippen LogP contribution in [-0.4, -0.2) is 29.0 Å². The molecule has 0 amide bonds. The van der Waals surface area contributed by atoms with E-state index in [-0.39, 0.29) is 0 Å². The molecular formula is C6H12ClNS. The third kappa shape index (κ3) is 2.78. The summed E-state index contributed by atoms with van der Waals surface area (Å²) in [5.41, 5.74) is 0. The Morgan fingerprint density at radius 3 is 2.89 bits per heavy atom. The molecule has 1 aliphatic rings. The van der Waals surface area contributed by atoms with Gasteiger partial charge in [0.15, 0.2) is 0 Å². The Bertz CT molecular complexity index is 70.7. The Balaban J connectivity index is 2.08. The lowest BCUT2D eigenvalue weighted by atomic mass is 10.3. The first-order chi connectivity index (χ1) is 4.43. The fraction of sp³-hybridized carbons (Fsp3) is 1.00. The van der Waals surface area contributed by atoms with Gasteiger partial charge in [-0.05, 0) is 12.8 Å². The maximum atomic E-state index is 5.58. The smallest absolute Gasteiger partial charge is 0.0360 e. The molecule has 1 rings (SSSR count). The predicted molar refractivity (Wildman–Crippen MR) is 44.0 cm³/mol. The van der Waals surface area contributed by atoms with Crippen LogP contribution in [0.2, 0.25) is 0 Å². The van der Waals surface area contributed by atoms with Crippen LogP contribution in [0.5, 0.6) is 0 Å². The Morgan fingerprint density at radius 2 is 2.33 bits per heavy atom. The molecule has 0 atom stereocenters. The van der Waals surface area contributed by atoms with Crippen molar-refractivity contribution < 1.29 is 0 Å². The summed E-state index contributed by atoms with van der Waals surface area (Å²) in [5.74, 6) is 2.06. The average molecular weight is 166 g/mol. The van der Waals surface area contributed by atoms with Gasteiger partial charge >= 0.3 is 0 Å². The molecule has 0 aliphatic carbocycles. The Labute approximate surface area is 65.9 Å². The second kappa shape index (κ2) is 4.42. The molecule has 0 radical (unpaired) electrons. The molecule has 54 valence electrons. The standard InChI is InChI=1S/C6H12ClNS/c7-3-5-8-4-1-2-6-9-8/h1-6H2. The lowest BCUT2D eigenvalue weighted by Crippen LogP contribution is -2.23. The highest BCUT2D eigenvalue weighted by Gasteiger charge is 2.08. The molecule has 1 nitrogen and oxygen atoms in total. The molecule has 0 N–H and O–H groups in total. The minimum absolute atomic E-state index is 0.771. The van der Waals surface area contributed by atoms with Crippen molar-refractivity contribution in [3.8, 4) is 0 Å². The van der Waals surface area contributed by atoms with Crippen LogP contribution in [-0.2, 0) is 0 Å². The molecule has 1 aliphatic heterocycles. The van der Waals surface area contributed by atoms with Crippen LogP contribution in [0.25, 0.3) is 0 Å². The minimum Gasteiger partial charge on any atom is -0.249 e. The summed E-state index contributed by atoms with van der Waals surface area (Å²) in [7, 11) is 0. The van der Waals surface area contributed by atoms with Gasteiger partial charge in [-0.2, -0.15) is 0 Å². The highest BCUT2D eigenvalue weighted by Crippen LogP contribution is 2.18. The van der Waals surface area contributed by atoms with Crippen LogP contribution in [0.4, 0.5) is 0 Å². The third-order valence-corrected chi connectivity index (χ3v) is 2.78.